The molecule has 0 radical (unpaired) electrons. The van der Waals surface area contributed by atoms with E-state index in [4.69, 9.17) is 4.74 Å². The van der Waals surface area contributed by atoms with E-state index >= 15 is 0 Å². The zero-order valence-electron chi connectivity index (χ0n) is 13.3. The van der Waals surface area contributed by atoms with Crippen molar-refractivity contribution in [2.45, 2.75) is 51.2 Å². The van der Waals surface area contributed by atoms with Gasteiger partial charge in [-0.05, 0) is 23.5 Å². The summed E-state index contributed by atoms with van der Waals surface area (Å²) in [7, 11) is 0. The zero-order valence-corrected chi connectivity index (χ0v) is 13.3. The van der Waals surface area contributed by atoms with Gasteiger partial charge in [-0.15, -0.1) is 0 Å². The molecule has 0 amide bonds. The van der Waals surface area contributed by atoms with E-state index in [-0.39, 0.29) is 6.10 Å². The Morgan fingerprint density at radius 2 is 1.45 bits per heavy atom. The molecule has 1 fully saturated rings. The summed E-state index contributed by atoms with van der Waals surface area (Å²) in [6, 6.07) is 21.2. The van der Waals surface area contributed by atoms with E-state index in [0.29, 0.717) is 6.61 Å². The lowest BCUT2D eigenvalue weighted by Gasteiger charge is -2.27. The van der Waals surface area contributed by atoms with Gasteiger partial charge in [0.2, 0.25) is 0 Å². The van der Waals surface area contributed by atoms with Gasteiger partial charge in [0.1, 0.15) is 0 Å². The molecule has 116 valence electrons. The predicted molar refractivity (Wildman–Crippen MR) is 91.6 cm³/mol. The van der Waals surface area contributed by atoms with E-state index in [2.05, 4.69) is 60.7 Å². The van der Waals surface area contributed by atoms with Crippen molar-refractivity contribution >= 4 is 0 Å². The highest BCUT2D eigenvalue weighted by atomic mass is 16.5. The standard InChI is InChI=1S/C21H26O/c1-4-10-18(11-5-1)16-21(20-14-8-3-9-15-20)22-17-19-12-6-2-7-13-19/h2-3,6-9,12-15,18,21H,1,4-5,10-11,16-17H2. The third-order valence-electron chi connectivity index (χ3n) is 4.74. The topological polar surface area (TPSA) is 9.23 Å². The lowest BCUT2D eigenvalue weighted by molar-refractivity contribution is 0.0188. The first-order chi connectivity index (χ1) is 10.9. The predicted octanol–water partition coefficient (Wildman–Crippen LogP) is 5.91. The lowest BCUT2D eigenvalue weighted by Crippen LogP contribution is -2.14. The van der Waals surface area contributed by atoms with Crippen LogP contribution in [0.3, 0.4) is 0 Å². The van der Waals surface area contributed by atoms with Crippen LogP contribution in [0.25, 0.3) is 0 Å². The molecule has 1 unspecified atom stereocenters. The molecule has 0 spiro atoms. The van der Waals surface area contributed by atoms with Crippen LogP contribution in [-0.2, 0) is 11.3 Å². The Kier molecular flexibility index (Phi) is 5.66. The molecule has 0 saturated heterocycles. The van der Waals surface area contributed by atoms with Gasteiger partial charge < -0.3 is 4.74 Å². The normalized spacial score (nSPS) is 17.3. The van der Waals surface area contributed by atoms with Crippen molar-refractivity contribution in [3.8, 4) is 0 Å². The summed E-state index contributed by atoms with van der Waals surface area (Å²) in [5.41, 5.74) is 2.58. The van der Waals surface area contributed by atoms with Gasteiger partial charge in [-0.3, -0.25) is 0 Å². The maximum absolute atomic E-state index is 6.32. The largest absolute Gasteiger partial charge is 0.369 e. The maximum Gasteiger partial charge on any atom is 0.0832 e. The number of hydrogen-bond donors (Lipinski definition) is 0. The molecule has 1 heteroatoms. The van der Waals surface area contributed by atoms with Crippen molar-refractivity contribution in [1.82, 2.24) is 0 Å². The number of rotatable bonds is 6. The van der Waals surface area contributed by atoms with Crippen molar-refractivity contribution < 1.29 is 4.74 Å². The summed E-state index contributed by atoms with van der Waals surface area (Å²) in [5.74, 6) is 0.828. The summed E-state index contributed by atoms with van der Waals surface area (Å²) in [6.07, 6.45) is 8.34. The molecule has 1 atom stereocenters. The van der Waals surface area contributed by atoms with Crippen LogP contribution in [0.4, 0.5) is 0 Å². The Hall–Kier alpha value is -1.60. The molecule has 2 aromatic rings. The molecule has 2 aromatic carbocycles. The van der Waals surface area contributed by atoms with Crippen LogP contribution in [0, 0.1) is 5.92 Å². The minimum absolute atomic E-state index is 0.226. The molecule has 1 nitrogen and oxygen atoms in total. The van der Waals surface area contributed by atoms with Crippen LogP contribution in [0.15, 0.2) is 60.7 Å². The van der Waals surface area contributed by atoms with E-state index in [9.17, 15) is 0 Å². The third-order valence-corrected chi connectivity index (χ3v) is 4.74. The number of benzene rings is 2. The highest BCUT2D eigenvalue weighted by Gasteiger charge is 2.20. The van der Waals surface area contributed by atoms with Crippen molar-refractivity contribution in [3.05, 3.63) is 71.8 Å². The molecular formula is C21H26O. The summed E-state index contributed by atoms with van der Waals surface area (Å²) in [5, 5.41) is 0. The Bertz CT molecular complexity index is 528. The smallest absolute Gasteiger partial charge is 0.0832 e. The highest BCUT2D eigenvalue weighted by Crippen LogP contribution is 2.34. The van der Waals surface area contributed by atoms with Gasteiger partial charge in [0.05, 0.1) is 12.7 Å². The fourth-order valence-corrected chi connectivity index (χ4v) is 3.46. The van der Waals surface area contributed by atoms with Crippen LogP contribution >= 0.6 is 0 Å². The van der Waals surface area contributed by atoms with Crippen LogP contribution in [0.2, 0.25) is 0 Å². The molecule has 0 N–H and O–H groups in total. The van der Waals surface area contributed by atoms with Gasteiger partial charge in [0, 0.05) is 0 Å². The average molecular weight is 294 g/mol. The Balaban J connectivity index is 1.65. The summed E-state index contributed by atoms with van der Waals surface area (Å²) in [4.78, 5) is 0. The molecule has 22 heavy (non-hydrogen) atoms. The van der Waals surface area contributed by atoms with Gasteiger partial charge in [-0.25, -0.2) is 0 Å². The monoisotopic (exact) mass is 294 g/mol. The van der Waals surface area contributed by atoms with Gasteiger partial charge in [-0.2, -0.15) is 0 Å². The van der Waals surface area contributed by atoms with Gasteiger partial charge >= 0.3 is 0 Å². The van der Waals surface area contributed by atoms with Crippen molar-refractivity contribution in [3.63, 3.8) is 0 Å². The van der Waals surface area contributed by atoms with E-state index in [1.165, 1.54) is 43.2 Å². The van der Waals surface area contributed by atoms with E-state index in [0.717, 1.165) is 12.3 Å². The lowest BCUT2D eigenvalue weighted by atomic mass is 9.84. The maximum atomic E-state index is 6.32. The molecule has 3 rings (SSSR count). The summed E-state index contributed by atoms with van der Waals surface area (Å²) >= 11 is 0. The van der Waals surface area contributed by atoms with Crippen LogP contribution in [-0.4, -0.2) is 0 Å². The van der Waals surface area contributed by atoms with Crippen LogP contribution in [0.5, 0.6) is 0 Å². The van der Waals surface area contributed by atoms with Crippen molar-refractivity contribution in [1.29, 1.82) is 0 Å². The SMILES string of the molecule is c1ccc(COC(CC2CCCCC2)c2ccccc2)cc1. The molecule has 0 bridgehead atoms. The van der Waals surface area contributed by atoms with Crippen LogP contribution in [0.1, 0.15) is 55.8 Å². The molecule has 0 aromatic heterocycles. The van der Waals surface area contributed by atoms with Crippen LogP contribution < -0.4 is 0 Å². The van der Waals surface area contributed by atoms with E-state index in [1.54, 1.807) is 0 Å². The van der Waals surface area contributed by atoms with E-state index < -0.39 is 0 Å². The minimum Gasteiger partial charge on any atom is -0.369 e. The van der Waals surface area contributed by atoms with Gasteiger partial charge in [-0.1, -0.05) is 92.8 Å². The average Bonchev–Trinajstić information content (AvgIpc) is 2.61. The molecule has 1 aliphatic carbocycles. The molecule has 0 aliphatic heterocycles. The molecule has 1 saturated carbocycles. The highest BCUT2D eigenvalue weighted by molar-refractivity contribution is 5.18. The second-order valence-electron chi connectivity index (χ2n) is 6.44. The van der Waals surface area contributed by atoms with Gasteiger partial charge in [0.25, 0.3) is 0 Å². The second kappa shape index (κ2) is 8.14. The summed E-state index contributed by atoms with van der Waals surface area (Å²) in [6.45, 7) is 0.702. The fraction of sp³-hybridized carbons (Fsp3) is 0.429. The first kappa shape index (κ1) is 15.3. The third kappa shape index (κ3) is 4.45. The fourth-order valence-electron chi connectivity index (χ4n) is 3.46. The molecule has 0 heterocycles. The quantitative estimate of drug-likeness (QED) is 0.643. The molecular weight excluding hydrogens is 268 g/mol. The number of hydrogen-bond acceptors (Lipinski definition) is 1. The summed E-state index contributed by atoms with van der Waals surface area (Å²) < 4.78 is 6.32. The van der Waals surface area contributed by atoms with Crippen molar-refractivity contribution in [2.24, 2.45) is 5.92 Å². The first-order valence-electron chi connectivity index (χ1n) is 8.62. The van der Waals surface area contributed by atoms with E-state index in [1.807, 2.05) is 0 Å². The number of ether oxygens (including phenoxy) is 1. The minimum atomic E-state index is 0.226. The molecule has 1 aliphatic rings. The van der Waals surface area contributed by atoms with Crippen molar-refractivity contribution in [2.75, 3.05) is 0 Å². The second-order valence-corrected chi connectivity index (χ2v) is 6.44. The Morgan fingerprint density at radius 3 is 2.14 bits per heavy atom. The first-order valence-corrected chi connectivity index (χ1v) is 8.62. The Morgan fingerprint density at radius 1 is 0.818 bits per heavy atom. The Labute approximate surface area is 134 Å². The van der Waals surface area contributed by atoms with Gasteiger partial charge in [0.15, 0.2) is 0 Å². The zero-order chi connectivity index (χ0) is 15.0.